The molecule has 126 valence electrons. The summed E-state index contributed by atoms with van der Waals surface area (Å²) >= 11 is 1.77. The molecule has 2 N–H and O–H groups in total. The van der Waals surface area contributed by atoms with Gasteiger partial charge in [-0.1, -0.05) is 19.8 Å². The molecule has 1 aliphatic rings. The first kappa shape index (κ1) is 19.7. The first-order valence-corrected chi connectivity index (χ1v) is 8.85. The van der Waals surface area contributed by atoms with Crippen LogP contribution in [0.1, 0.15) is 48.9 Å². The minimum atomic E-state index is 0. The number of aromatic nitrogens is 1. The normalized spacial score (nSPS) is 17.1. The van der Waals surface area contributed by atoms with E-state index in [2.05, 4.69) is 34.5 Å². The van der Waals surface area contributed by atoms with Crippen molar-refractivity contribution in [3.05, 3.63) is 16.1 Å². The lowest BCUT2D eigenvalue weighted by atomic mass is 9.83. The molecule has 22 heavy (non-hydrogen) atoms. The van der Waals surface area contributed by atoms with E-state index >= 15 is 0 Å². The van der Waals surface area contributed by atoms with E-state index in [0.29, 0.717) is 5.41 Å². The second kappa shape index (κ2) is 9.70. The Bertz CT molecular complexity index is 466. The summed E-state index contributed by atoms with van der Waals surface area (Å²) in [6.07, 6.45) is 9.62. The predicted molar refractivity (Wildman–Crippen MR) is 107 cm³/mol. The van der Waals surface area contributed by atoms with E-state index in [1.165, 1.54) is 42.0 Å². The van der Waals surface area contributed by atoms with E-state index in [4.69, 9.17) is 0 Å². The molecule has 0 unspecified atom stereocenters. The molecule has 1 aliphatic carbocycles. The lowest BCUT2D eigenvalue weighted by molar-refractivity contribution is 0.283. The molecule has 2 rings (SSSR count). The van der Waals surface area contributed by atoms with Gasteiger partial charge in [0.1, 0.15) is 0 Å². The van der Waals surface area contributed by atoms with Crippen LogP contribution in [0.3, 0.4) is 0 Å². The van der Waals surface area contributed by atoms with Gasteiger partial charge >= 0.3 is 0 Å². The summed E-state index contributed by atoms with van der Waals surface area (Å²) in [5.41, 5.74) is 0.490. The summed E-state index contributed by atoms with van der Waals surface area (Å²) in [7, 11) is 1.84. The van der Waals surface area contributed by atoms with E-state index in [1.807, 2.05) is 13.2 Å². The molecule has 6 heteroatoms. The number of nitrogens with zero attached hydrogens (tertiary/aromatic N) is 2. The Morgan fingerprint density at radius 2 is 2.09 bits per heavy atom. The quantitative estimate of drug-likeness (QED) is 0.406. The van der Waals surface area contributed by atoms with Crippen molar-refractivity contribution in [2.45, 2.75) is 52.4 Å². The highest BCUT2D eigenvalue weighted by atomic mass is 127. The maximum Gasteiger partial charge on any atom is 0.191 e. The van der Waals surface area contributed by atoms with Crippen molar-refractivity contribution in [1.29, 1.82) is 0 Å². The molecule has 0 aliphatic heterocycles. The van der Waals surface area contributed by atoms with Crippen LogP contribution in [0.4, 0.5) is 0 Å². The molecule has 0 spiro atoms. The van der Waals surface area contributed by atoms with E-state index < -0.39 is 0 Å². The van der Waals surface area contributed by atoms with Gasteiger partial charge in [-0.25, -0.2) is 4.98 Å². The van der Waals surface area contributed by atoms with Crippen molar-refractivity contribution in [2.75, 3.05) is 20.1 Å². The molecule has 1 aromatic rings. The maximum atomic E-state index is 4.39. The highest BCUT2D eigenvalue weighted by molar-refractivity contribution is 14.0. The Balaban J connectivity index is 0.00000242. The standard InChI is InChI=1S/C16H28N4S.HI/c1-4-16(8-5-6-9-16)12-20-15(17-3)18-10-7-14-19-11-13(2)21-14;/h11H,4-10,12H2,1-3H3,(H2,17,18,20);1H. The van der Waals surface area contributed by atoms with Crippen molar-refractivity contribution in [1.82, 2.24) is 15.6 Å². The molecule has 0 aromatic carbocycles. The number of rotatable bonds is 6. The SMILES string of the molecule is CCC1(CNC(=NC)NCCc2ncc(C)s2)CCCC1.I. The van der Waals surface area contributed by atoms with E-state index in [9.17, 15) is 0 Å². The maximum absolute atomic E-state index is 4.39. The Morgan fingerprint density at radius 3 is 2.64 bits per heavy atom. The van der Waals surface area contributed by atoms with Crippen molar-refractivity contribution in [3.63, 3.8) is 0 Å². The molecule has 1 aromatic heterocycles. The van der Waals surface area contributed by atoms with Gasteiger partial charge in [-0.05, 0) is 31.6 Å². The third-order valence-electron chi connectivity index (χ3n) is 4.57. The number of halogens is 1. The second-order valence-electron chi connectivity index (χ2n) is 6.03. The average molecular weight is 436 g/mol. The van der Waals surface area contributed by atoms with Gasteiger partial charge in [0.15, 0.2) is 5.96 Å². The fourth-order valence-corrected chi connectivity index (χ4v) is 3.86. The average Bonchev–Trinajstić information content (AvgIpc) is 3.12. The van der Waals surface area contributed by atoms with Crippen LogP contribution < -0.4 is 10.6 Å². The Kier molecular flexibility index (Phi) is 8.67. The third-order valence-corrected chi connectivity index (χ3v) is 5.54. The van der Waals surface area contributed by atoms with Crippen LogP contribution in [-0.2, 0) is 6.42 Å². The summed E-state index contributed by atoms with van der Waals surface area (Å²) < 4.78 is 0. The summed E-state index contributed by atoms with van der Waals surface area (Å²) in [5.74, 6) is 0.919. The van der Waals surface area contributed by atoms with Crippen LogP contribution in [0.2, 0.25) is 0 Å². The number of hydrogen-bond donors (Lipinski definition) is 2. The van der Waals surface area contributed by atoms with Crippen molar-refractivity contribution >= 4 is 41.3 Å². The molecule has 1 fully saturated rings. The van der Waals surface area contributed by atoms with Crippen LogP contribution >= 0.6 is 35.3 Å². The minimum absolute atomic E-state index is 0. The molecule has 4 nitrogen and oxygen atoms in total. The van der Waals surface area contributed by atoms with Gasteiger partial charge in [-0.15, -0.1) is 35.3 Å². The lowest BCUT2D eigenvalue weighted by Gasteiger charge is -2.28. The smallest absolute Gasteiger partial charge is 0.191 e. The van der Waals surface area contributed by atoms with Gasteiger partial charge in [0.25, 0.3) is 0 Å². The number of guanidine groups is 1. The zero-order chi connectivity index (χ0) is 15.1. The van der Waals surface area contributed by atoms with Crippen LogP contribution in [0.25, 0.3) is 0 Å². The summed E-state index contributed by atoms with van der Waals surface area (Å²) in [5, 5.41) is 8.11. The highest BCUT2D eigenvalue weighted by Crippen LogP contribution is 2.40. The summed E-state index contributed by atoms with van der Waals surface area (Å²) in [6.45, 7) is 6.33. The second-order valence-corrected chi connectivity index (χ2v) is 7.35. The minimum Gasteiger partial charge on any atom is -0.356 e. The number of thiazole rings is 1. The topological polar surface area (TPSA) is 49.3 Å². The fourth-order valence-electron chi connectivity index (χ4n) is 3.08. The van der Waals surface area contributed by atoms with Gasteiger partial charge in [-0.3, -0.25) is 4.99 Å². The highest BCUT2D eigenvalue weighted by Gasteiger charge is 2.31. The van der Waals surface area contributed by atoms with Gasteiger partial charge < -0.3 is 10.6 Å². The Morgan fingerprint density at radius 1 is 1.36 bits per heavy atom. The van der Waals surface area contributed by atoms with Gasteiger partial charge in [-0.2, -0.15) is 0 Å². The molecule has 0 amide bonds. The first-order chi connectivity index (χ1) is 10.2. The zero-order valence-electron chi connectivity index (χ0n) is 13.9. The first-order valence-electron chi connectivity index (χ1n) is 8.03. The van der Waals surface area contributed by atoms with Gasteiger partial charge in [0.05, 0.1) is 5.01 Å². The summed E-state index contributed by atoms with van der Waals surface area (Å²) in [6, 6.07) is 0. The zero-order valence-corrected chi connectivity index (χ0v) is 17.1. The van der Waals surface area contributed by atoms with Crippen LogP contribution in [0.5, 0.6) is 0 Å². The van der Waals surface area contributed by atoms with Crippen molar-refractivity contribution < 1.29 is 0 Å². The number of aryl methyl sites for hydroxylation is 1. The molecule has 1 heterocycles. The molecule has 1 saturated carbocycles. The fraction of sp³-hybridized carbons (Fsp3) is 0.750. The van der Waals surface area contributed by atoms with Crippen LogP contribution in [-0.4, -0.2) is 31.1 Å². The van der Waals surface area contributed by atoms with E-state index in [1.54, 1.807) is 11.3 Å². The predicted octanol–water partition coefficient (Wildman–Crippen LogP) is 3.75. The molecule has 0 radical (unpaired) electrons. The Labute approximate surface area is 155 Å². The number of aliphatic imine (C=N–C) groups is 1. The van der Waals surface area contributed by atoms with E-state index in [-0.39, 0.29) is 24.0 Å². The van der Waals surface area contributed by atoms with Gasteiger partial charge in [0, 0.05) is 37.6 Å². The van der Waals surface area contributed by atoms with Crippen molar-refractivity contribution in [3.8, 4) is 0 Å². The monoisotopic (exact) mass is 436 g/mol. The third kappa shape index (κ3) is 5.68. The lowest BCUT2D eigenvalue weighted by Crippen LogP contribution is -2.43. The molecular weight excluding hydrogens is 407 g/mol. The van der Waals surface area contributed by atoms with Crippen LogP contribution in [0.15, 0.2) is 11.2 Å². The summed E-state index contributed by atoms with van der Waals surface area (Å²) in [4.78, 5) is 9.99. The van der Waals surface area contributed by atoms with Crippen molar-refractivity contribution in [2.24, 2.45) is 10.4 Å². The number of nitrogens with one attached hydrogen (secondary N) is 2. The molecule has 0 saturated heterocycles. The molecular formula is C16H29IN4S. The van der Waals surface area contributed by atoms with Gasteiger partial charge in [0.2, 0.25) is 0 Å². The number of hydrogen-bond acceptors (Lipinski definition) is 3. The molecule has 0 bridgehead atoms. The Hall–Kier alpha value is -0.370. The molecule has 0 atom stereocenters. The van der Waals surface area contributed by atoms with E-state index in [0.717, 1.165) is 25.5 Å². The largest absolute Gasteiger partial charge is 0.356 e. The van der Waals surface area contributed by atoms with Crippen LogP contribution in [0, 0.1) is 12.3 Å².